The molecule has 0 amide bonds. The van der Waals surface area contributed by atoms with Gasteiger partial charge in [0, 0.05) is 38.1 Å². The first-order chi connectivity index (χ1) is 12.5. The molecule has 0 bridgehead atoms. The van der Waals surface area contributed by atoms with E-state index in [4.69, 9.17) is 0 Å². The fourth-order valence-corrected chi connectivity index (χ4v) is 5.28. The average molecular weight is 398 g/mol. The highest BCUT2D eigenvalue weighted by atomic mass is 32.2. The standard InChI is InChI=1S/C18H24FN3O2S2/c1-2-3-7-18-20-16(14-25-18)13-21-8-10-22(11-9-21)26(23,24)17-6-4-5-15(19)12-17/h4-6,12,14H,2-3,7-11,13H2,1H3. The van der Waals surface area contributed by atoms with Gasteiger partial charge in [-0.05, 0) is 31.0 Å². The van der Waals surface area contributed by atoms with E-state index in [1.54, 1.807) is 11.3 Å². The van der Waals surface area contributed by atoms with E-state index in [9.17, 15) is 12.8 Å². The number of aryl methyl sites for hydroxylation is 1. The van der Waals surface area contributed by atoms with Gasteiger partial charge in [-0.3, -0.25) is 4.90 Å². The van der Waals surface area contributed by atoms with E-state index < -0.39 is 15.8 Å². The van der Waals surface area contributed by atoms with E-state index in [0.717, 1.165) is 37.6 Å². The number of unbranched alkanes of at least 4 members (excludes halogenated alkanes) is 1. The molecule has 142 valence electrons. The normalized spacial score (nSPS) is 16.8. The number of halogens is 1. The van der Waals surface area contributed by atoms with Crippen molar-refractivity contribution in [3.8, 4) is 0 Å². The SMILES string of the molecule is CCCCc1nc(CN2CCN(S(=O)(=O)c3cccc(F)c3)CC2)cs1. The lowest BCUT2D eigenvalue weighted by Crippen LogP contribution is -2.48. The summed E-state index contributed by atoms with van der Waals surface area (Å²) in [5.74, 6) is -0.535. The molecule has 1 aliphatic rings. The van der Waals surface area contributed by atoms with Gasteiger partial charge in [0.05, 0.1) is 15.6 Å². The third-order valence-electron chi connectivity index (χ3n) is 4.49. The lowest BCUT2D eigenvalue weighted by Gasteiger charge is -2.33. The molecule has 1 fully saturated rings. The zero-order valence-corrected chi connectivity index (χ0v) is 16.5. The Bertz CT molecular complexity index is 830. The first kappa shape index (κ1) is 19.4. The Morgan fingerprint density at radius 1 is 1.23 bits per heavy atom. The molecule has 0 radical (unpaired) electrons. The number of hydrogen-bond donors (Lipinski definition) is 0. The number of rotatable bonds is 7. The Labute approximate surface area is 158 Å². The van der Waals surface area contributed by atoms with Crippen LogP contribution >= 0.6 is 11.3 Å². The van der Waals surface area contributed by atoms with Gasteiger partial charge < -0.3 is 0 Å². The number of nitrogens with zero attached hydrogens (tertiary/aromatic N) is 3. The third kappa shape index (κ3) is 4.68. The molecule has 0 atom stereocenters. The predicted octanol–water partition coefficient (Wildman–Crippen LogP) is 3.13. The summed E-state index contributed by atoms with van der Waals surface area (Å²) in [7, 11) is -3.63. The van der Waals surface area contributed by atoms with Crippen molar-refractivity contribution in [3.05, 3.63) is 46.2 Å². The van der Waals surface area contributed by atoms with Crippen molar-refractivity contribution in [2.45, 2.75) is 37.6 Å². The molecule has 26 heavy (non-hydrogen) atoms. The first-order valence-corrected chi connectivity index (χ1v) is 11.2. The quantitative estimate of drug-likeness (QED) is 0.720. The number of hydrogen-bond acceptors (Lipinski definition) is 5. The summed E-state index contributed by atoms with van der Waals surface area (Å²) >= 11 is 1.70. The van der Waals surface area contributed by atoms with Crippen molar-refractivity contribution in [2.75, 3.05) is 26.2 Å². The van der Waals surface area contributed by atoms with Crippen molar-refractivity contribution in [3.63, 3.8) is 0 Å². The molecule has 1 aromatic heterocycles. The summed E-state index contributed by atoms with van der Waals surface area (Å²) in [6.45, 7) is 5.03. The van der Waals surface area contributed by atoms with Crippen LogP contribution < -0.4 is 0 Å². The fourth-order valence-electron chi connectivity index (χ4n) is 3.00. The molecule has 0 spiro atoms. The van der Waals surface area contributed by atoms with Crippen molar-refractivity contribution in [1.82, 2.24) is 14.2 Å². The van der Waals surface area contributed by atoms with Crippen LogP contribution in [-0.2, 0) is 23.0 Å². The van der Waals surface area contributed by atoms with Gasteiger partial charge in [0.2, 0.25) is 10.0 Å². The van der Waals surface area contributed by atoms with E-state index >= 15 is 0 Å². The maximum absolute atomic E-state index is 13.4. The molecular formula is C18H24FN3O2S2. The summed E-state index contributed by atoms with van der Waals surface area (Å²) in [5, 5.41) is 3.27. The van der Waals surface area contributed by atoms with Crippen LogP contribution in [0.5, 0.6) is 0 Å². The minimum atomic E-state index is -3.63. The predicted molar refractivity (Wildman–Crippen MR) is 101 cm³/mol. The topological polar surface area (TPSA) is 53.5 Å². The van der Waals surface area contributed by atoms with E-state index in [-0.39, 0.29) is 4.90 Å². The highest BCUT2D eigenvalue weighted by molar-refractivity contribution is 7.89. The van der Waals surface area contributed by atoms with E-state index in [2.05, 4.69) is 22.2 Å². The molecule has 2 aromatic rings. The van der Waals surface area contributed by atoms with Gasteiger partial charge in [0.1, 0.15) is 5.82 Å². The Morgan fingerprint density at radius 2 is 2.00 bits per heavy atom. The van der Waals surface area contributed by atoms with Crippen LogP contribution in [0.2, 0.25) is 0 Å². The number of sulfonamides is 1. The van der Waals surface area contributed by atoms with Gasteiger partial charge in [0.15, 0.2) is 0 Å². The summed E-state index contributed by atoms with van der Waals surface area (Å²) in [5.41, 5.74) is 1.06. The number of thiazole rings is 1. The maximum Gasteiger partial charge on any atom is 0.243 e. The van der Waals surface area contributed by atoms with Gasteiger partial charge >= 0.3 is 0 Å². The van der Waals surface area contributed by atoms with E-state index in [0.29, 0.717) is 26.2 Å². The summed E-state index contributed by atoms with van der Waals surface area (Å²) in [6.07, 6.45) is 3.35. The Hall–Kier alpha value is -1.35. The molecule has 0 saturated carbocycles. The summed E-state index contributed by atoms with van der Waals surface area (Å²) in [6, 6.07) is 5.20. The Morgan fingerprint density at radius 3 is 2.69 bits per heavy atom. The van der Waals surface area contributed by atoms with Gasteiger partial charge in [-0.25, -0.2) is 17.8 Å². The second-order valence-corrected chi connectivity index (χ2v) is 9.35. The van der Waals surface area contributed by atoms with E-state index in [1.807, 2.05) is 0 Å². The van der Waals surface area contributed by atoms with Crippen LogP contribution in [0.4, 0.5) is 4.39 Å². The highest BCUT2D eigenvalue weighted by Gasteiger charge is 2.28. The van der Waals surface area contributed by atoms with Crippen LogP contribution in [0, 0.1) is 5.82 Å². The fraction of sp³-hybridized carbons (Fsp3) is 0.500. The van der Waals surface area contributed by atoms with Crippen LogP contribution in [0.3, 0.4) is 0 Å². The van der Waals surface area contributed by atoms with Crippen LogP contribution in [-0.4, -0.2) is 48.8 Å². The second-order valence-electron chi connectivity index (χ2n) is 6.47. The van der Waals surface area contributed by atoms with Crippen LogP contribution in [0.25, 0.3) is 0 Å². The van der Waals surface area contributed by atoms with Crippen molar-refractivity contribution in [2.24, 2.45) is 0 Å². The molecule has 0 N–H and O–H groups in total. The van der Waals surface area contributed by atoms with Crippen molar-refractivity contribution in [1.29, 1.82) is 0 Å². The number of aromatic nitrogens is 1. The second kappa shape index (κ2) is 8.56. The smallest absolute Gasteiger partial charge is 0.243 e. The lowest BCUT2D eigenvalue weighted by molar-refractivity contribution is 0.180. The van der Waals surface area contributed by atoms with Crippen molar-refractivity contribution < 1.29 is 12.8 Å². The van der Waals surface area contributed by atoms with Crippen LogP contribution in [0.15, 0.2) is 34.5 Å². The maximum atomic E-state index is 13.4. The number of benzene rings is 1. The average Bonchev–Trinajstić information content (AvgIpc) is 3.08. The molecule has 1 saturated heterocycles. The highest BCUT2D eigenvalue weighted by Crippen LogP contribution is 2.20. The minimum Gasteiger partial charge on any atom is -0.295 e. The minimum absolute atomic E-state index is 0.0195. The molecule has 2 heterocycles. The van der Waals surface area contributed by atoms with Gasteiger partial charge in [-0.2, -0.15) is 4.31 Å². The van der Waals surface area contributed by atoms with Crippen molar-refractivity contribution >= 4 is 21.4 Å². The van der Waals surface area contributed by atoms with Gasteiger partial charge in [-0.15, -0.1) is 11.3 Å². The first-order valence-electron chi connectivity index (χ1n) is 8.90. The Kier molecular flexibility index (Phi) is 6.39. The molecular weight excluding hydrogens is 373 g/mol. The number of piperazine rings is 1. The Balaban J connectivity index is 1.56. The molecule has 5 nitrogen and oxygen atoms in total. The van der Waals surface area contributed by atoms with Gasteiger partial charge in [0.25, 0.3) is 0 Å². The molecule has 0 aliphatic carbocycles. The zero-order valence-electron chi connectivity index (χ0n) is 14.9. The lowest BCUT2D eigenvalue weighted by atomic mass is 10.3. The largest absolute Gasteiger partial charge is 0.295 e. The summed E-state index contributed by atoms with van der Waals surface area (Å²) in [4.78, 5) is 6.91. The molecule has 3 rings (SSSR count). The zero-order chi connectivity index (χ0) is 18.6. The monoisotopic (exact) mass is 397 g/mol. The molecule has 8 heteroatoms. The van der Waals surface area contributed by atoms with E-state index in [1.165, 1.54) is 27.5 Å². The molecule has 0 unspecified atom stereocenters. The molecule has 1 aromatic carbocycles. The summed E-state index contributed by atoms with van der Waals surface area (Å²) < 4.78 is 40.1. The third-order valence-corrected chi connectivity index (χ3v) is 7.35. The molecule has 1 aliphatic heterocycles. The van der Waals surface area contributed by atoms with Crippen LogP contribution in [0.1, 0.15) is 30.5 Å². The van der Waals surface area contributed by atoms with Gasteiger partial charge in [-0.1, -0.05) is 19.4 Å².